The van der Waals surface area contributed by atoms with Crippen LogP contribution >= 0.6 is 0 Å². The maximum absolute atomic E-state index is 13.1. The summed E-state index contributed by atoms with van der Waals surface area (Å²) in [5.74, 6) is 0. The Hall–Kier alpha value is -2.49. The van der Waals surface area contributed by atoms with Crippen molar-refractivity contribution in [3.63, 3.8) is 0 Å². The average Bonchev–Trinajstić information content (AvgIpc) is 3.08. The number of carbonyl (C=O) groups is 1. The number of aromatic nitrogens is 2. The lowest BCUT2D eigenvalue weighted by molar-refractivity contribution is -0.136. The zero-order chi connectivity index (χ0) is 22.9. The smallest absolute Gasteiger partial charge is 0.409 e. The molecular formula is C22H29F3N4O3. The molecule has 176 valence electrons. The topological polar surface area (TPSA) is 59.7 Å². The number of alkyl halides is 3. The van der Waals surface area contributed by atoms with Gasteiger partial charge >= 0.3 is 18.0 Å². The van der Waals surface area contributed by atoms with Gasteiger partial charge in [0.05, 0.1) is 24.6 Å². The van der Waals surface area contributed by atoms with E-state index in [2.05, 4.69) is 4.90 Å². The molecule has 2 fully saturated rings. The van der Waals surface area contributed by atoms with Gasteiger partial charge in [-0.05, 0) is 37.8 Å². The summed E-state index contributed by atoms with van der Waals surface area (Å²) in [5.41, 5.74) is 0.893. The van der Waals surface area contributed by atoms with Crippen molar-refractivity contribution in [1.82, 2.24) is 18.9 Å². The molecule has 0 radical (unpaired) electrons. The van der Waals surface area contributed by atoms with E-state index in [0.29, 0.717) is 30.2 Å². The average molecular weight is 454 g/mol. The highest BCUT2D eigenvalue weighted by molar-refractivity contribution is 5.76. The fourth-order valence-electron chi connectivity index (χ4n) is 5.09. The number of carbonyl (C=O) groups excluding carboxylic acids is 1. The number of hydrogen-bond acceptors (Lipinski definition) is 4. The third kappa shape index (κ3) is 4.65. The highest BCUT2D eigenvalue weighted by atomic mass is 19.4. The Balaban J connectivity index is 1.45. The molecule has 0 spiro atoms. The molecule has 0 atom stereocenters. The maximum Gasteiger partial charge on any atom is 0.409 e. The van der Waals surface area contributed by atoms with Crippen molar-refractivity contribution in [1.29, 1.82) is 0 Å². The van der Waals surface area contributed by atoms with Crippen molar-refractivity contribution in [2.75, 3.05) is 33.3 Å². The number of para-hydroxylation sites is 2. The number of ether oxygens (including phenoxy) is 1. The van der Waals surface area contributed by atoms with E-state index in [0.717, 1.165) is 38.8 Å². The van der Waals surface area contributed by atoms with Gasteiger partial charge in [0.15, 0.2) is 0 Å². The second-order valence-corrected chi connectivity index (χ2v) is 8.61. The van der Waals surface area contributed by atoms with Crippen LogP contribution in [0.2, 0.25) is 0 Å². The summed E-state index contributed by atoms with van der Waals surface area (Å²) in [7, 11) is 1.39. The number of imidazole rings is 1. The summed E-state index contributed by atoms with van der Waals surface area (Å²) in [6.45, 7) is 2.62. The lowest BCUT2D eigenvalue weighted by atomic mass is 9.97. The molecular weight excluding hydrogens is 425 g/mol. The van der Waals surface area contributed by atoms with Crippen LogP contribution in [0.1, 0.15) is 38.1 Å². The van der Waals surface area contributed by atoms with Gasteiger partial charge < -0.3 is 14.5 Å². The van der Waals surface area contributed by atoms with E-state index < -0.39 is 12.6 Å². The lowest BCUT2D eigenvalue weighted by Gasteiger charge is -2.41. The normalized spacial score (nSPS) is 19.6. The molecule has 2 aromatic rings. The molecule has 1 aromatic heterocycles. The monoisotopic (exact) mass is 454 g/mol. The van der Waals surface area contributed by atoms with Crippen molar-refractivity contribution in [2.45, 2.75) is 56.9 Å². The first-order valence-corrected chi connectivity index (χ1v) is 11.1. The molecule has 0 unspecified atom stereocenters. The number of hydrogen-bond donors (Lipinski definition) is 0. The van der Waals surface area contributed by atoms with Gasteiger partial charge in [-0.15, -0.1) is 0 Å². The number of amides is 1. The Labute approximate surface area is 184 Å². The predicted molar refractivity (Wildman–Crippen MR) is 114 cm³/mol. The van der Waals surface area contributed by atoms with Gasteiger partial charge in [-0.1, -0.05) is 12.1 Å². The summed E-state index contributed by atoms with van der Waals surface area (Å²) in [6, 6.07) is 7.45. The van der Waals surface area contributed by atoms with Gasteiger partial charge in [0, 0.05) is 44.8 Å². The molecule has 4 rings (SSSR count). The van der Waals surface area contributed by atoms with Crippen molar-refractivity contribution < 1.29 is 22.7 Å². The number of piperidine rings is 2. The Kier molecular flexibility index (Phi) is 6.50. The molecule has 0 N–H and O–H groups in total. The van der Waals surface area contributed by atoms with Crippen LogP contribution in [0.3, 0.4) is 0 Å². The zero-order valence-corrected chi connectivity index (χ0v) is 18.2. The molecule has 1 amide bonds. The first kappa shape index (κ1) is 22.7. The van der Waals surface area contributed by atoms with Crippen molar-refractivity contribution >= 4 is 17.1 Å². The lowest BCUT2D eigenvalue weighted by Crippen LogP contribution is -2.49. The number of methoxy groups -OCH3 is 1. The van der Waals surface area contributed by atoms with Gasteiger partial charge in [-0.3, -0.25) is 9.13 Å². The Bertz CT molecular complexity index is 1000. The number of likely N-dealkylation sites (tertiary alicyclic amines) is 2. The Morgan fingerprint density at radius 3 is 2.19 bits per heavy atom. The molecule has 2 aliphatic heterocycles. The number of halogens is 3. The van der Waals surface area contributed by atoms with E-state index in [1.165, 1.54) is 11.7 Å². The number of rotatable bonds is 4. The summed E-state index contributed by atoms with van der Waals surface area (Å²) >= 11 is 0. The van der Waals surface area contributed by atoms with Crippen LogP contribution in [0.15, 0.2) is 29.1 Å². The minimum atomic E-state index is -4.31. The number of fused-ring (bicyclic) bond motifs is 1. The predicted octanol–water partition coefficient (Wildman–Crippen LogP) is 3.62. The largest absolute Gasteiger partial charge is 0.453 e. The summed E-state index contributed by atoms with van der Waals surface area (Å²) < 4.78 is 46.1. The Morgan fingerprint density at radius 2 is 1.59 bits per heavy atom. The van der Waals surface area contributed by atoms with Gasteiger partial charge in [-0.2, -0.15) is 13.2 Å². The van der Waals surface area contributed by atoms with Crippen LogP contribution in [0, 0.1) is 0 Å². The maximum atomic E-state index is 13.1. The SMILES string of the molecule is COC(=O)N1CCC(N2CCC(n3c(=O)n(CCC(F)(F)F)c4ccccc43)CC2)CC1. The van der Waals surface area contributed by atoms with Crippen molar-refractivity contribution in [3.8, 4) is 0 Å². The summed E-state index contributed by atoms with van der Waals surface area (Å²) in [5, 5.41) is 0. The highest BCUT2D eigenvalue weighted by Gasteiger charge is 2.32. The second-order valence-electron chi connectivity index (χ2n) is 8.61. The number of aryl methyl sites for hydroxylation is 1. The molecule has 3 heterocycles. The van der Waals surface area contributed by atoms with E-state index in [1.807, 2.05) is 12.1 Å². The Morgan fingerprint density at radius 1 is 1.00 bits per heavy atom. The first-order valence-electron chi connectivity index (χ1n) is 11.1. The summed E-state index contributed by atoms with van der Waals surface area (Å²) in [4.78, 5) is 28.9. The van der Waals surface area contributed by atoms with Crippen LogP contribution in [0.25, 0.3) is 11.0 Å². The third-order valence-electron chi connectivity index (χ3n) is 6.77. The standard InChI is InChI=1S/C22H29F3N4O3/c1-32-21(31)27-13-6-16(7-14-27)26-11-8-17(9-12-26)29-19-5-3-2-4-18(19)28(20(29)30)15-10-22(23,24)25/h2-5,16-17H,6-15H2,1H3. The van der Waals surface area contributed by atoms with Crippen molar-refractivity contribution in [2.24, 2.45) is 0 Å². The molecule has 7 nitrogen and oxygen atoms in total. The van der Waals surface area contributed by atoms with Crippen LogP contribution < -0.4 is 5.69 Å². The fraction of sp³-hybridized carbons (Fsp3) is 0.636. The van der Waals surface area contributed by atoms with Crippen LogP contribution in [0.4, 0.5) is 18.0 Å². The fourth-order valence-corrected chi connectivity index (χ4v) is 5.09. The molecule has 1 aromatic carbocycles. The van der Waals surface area contributed by atoms with Gasteiger partial charge in [0.25, 0.3) is 0 Å². The van der Waals surface area contributed by atoms with E-state index in [4.69, 9.17) is 4.74 Å². The molecule has 32 heavy (non-hydrogen) atoms. The second kappa shape index (κ2) is 9.17. The molecule has 0 aliphatic carbocycles. The molecule has 0 bridgehead atoms. The molecule has 10 heteroatoms. The van der Waals surface area contributed by atoms with E-state index in [9.17, 15) is 22.8 Å². The minimum Gasteiger partial charge on any atom is -0.453 e. The van der Waals surface area contributed by atoms with Crippen LogP contribution in [0.5, 0.6) is 0 Å². The van der Waals surface area contributed by atoms with Gasteiger partial charge in [-0.25, -0.2) is 9.59 Å². The minimum absolute atomic E-state index is 0.0362. The zero-order valence-electron chi connectivity index (χ0n) is 18.2. The first-order chi connectivity index (χ1) is 15.3. The molecule has 0 saturated carbocycles. The summed E-state index contributed by atoms with van der Waals surface area (Å²) in [6.07, 6.45) is -2.31. The van der Waals surface area contributed by atoms with Gasteiger partial charge in [0.1, 0.15) is 0 Å². The van der Waals surface area contributed by atoms with Crippen molar-refractivity contribution in [3.05, 3.63) is 34.7 Å². The third-order valence-corrected chi connectivity index (χ3v) is 6.77. The molecule has 2 saturated heterocycles. The van der Waals surface area contributed by atoms with Gasteiger partial charge in [0.2, 0.25) is 0 Å². The number of benzene rings is 1. The van der Waals surface area contributed by atoms with E-state index in [1.54, 1.807) is 21.6 Å². The number of nitrogens with zero attached hydrogens (tertiary/aromatic N) is 4. The van der Waals surface area contributed by atoms with Crippen LogP contribution in [-0.2, 0) is 11.3 Å². The molecule has 2 aliphatic rings. The van der Waals surface area contributed by atoms with Crippen LogP contribution in [-0.4, -0.2) is 70.5 Å². The highest BCUT2D eigenvalue weighted by Crippen LogP contribution is 2.29. The van der Waals surface area contributed by atoms with E-state index in [-0.39, 0.29) is 24.4 Å². The van der Waals surface area contributed by atoms with E-state index >= 15 is 0 Å². The quantitative estimate of drug-likeness (QED) is 0.708.